The van der Waals surface area contributed by atoms with Crippen LogP contribution in [-0.4, -0.2) is 3.25 Å². The maximum Gasteiger partial charge on any atom is 0.266 e. The van der Waals surface area contributed by atoms with Crippen molar-refractivity contribution in [2.75, 3.05) is 0 Å². The molecule has 0 aromatic heterocycles. The normalized spacial score (nSPS) is 11.4. The molecule has 0 spiro atoms. The van der Waals surface area contributed by atoms with Crippen LogP contribution in [-0.2, 0) is 4.57 Å². The summed E-state index contributed by atoms with van der Waals surface area (Å²) >= 11 is 23.2. The van der Waals surface area contributed by atoms with Crippen LogP contribution in [0.25, 0.3) is 129 Å². The Morgan fingerprint density at radius 2 is 0.494 bits per heavy atom. The molecule has 0 fully saturated rings. The van der Waals surface area contributed by atoms with Gasteiger partial charge in [-0.3, -0.25) is 0 Å². The highest BCUT2D eigenvalue weighted by Gasteiger charge is 2.34. The minimum Gasteiger partial charge on any atom is -0.309 e. The van der Waals surface area contributed by atoms with E-state index in [1.165, 1.54) is 107 Å². The summed E-state index contributed by atoms with van der Waals surface area (Å²) in [6.45, 7) is 0. The molecular weight excluding hydrogens is 1250 g/mol. The van der Waals surface area contributed by atoms with Gasteiger partial charge in [0.1, 0.15) is 0 Å². The Labute approximate surface area is 546 Å². The fourth-order valence-electron chi connectivity index (χ4n) is 13.0. The van der Waals surface area contributed by atoms with Crippen molar-refractivity contribution in [2.24, 2.45) is 0 Å². The number of rotatable bonds is 3. The van der Waals surface area contributed by atoms with Gasteiger partial charge in [-0.2, -0.15) is 0 Å². The second kappa shape index (κ2) is 25.8. The monoisotopic (exact) mass is 1310 g/mol. The Morgan fingerprint density at radius 3 is 0.865 bits per heavy atom. The summed E-state index contributed by atoms with van der Waals surface area (Å²) in [6, 6.07) is 107. The van der Waals surface area contributed by atoms with Crippen LogP contribution < -0.4 is 15.9 Å². The van der Waals surface area contributed by atoms with E-state index < -0.39 is 10.4 Å². The molecule has 0 atom stereocenters. The minimum atomic E-state index is -3.25. The van der Waals surface area contributed by atoms with E-state index in [0.29, 0.717) is 0 Å². The number of benzene rings is 17. The molecule has 89 heavy (non-hydrogen) atoms. The first-order chi connectivity index (χ1) is 43.0. The average Bonchev–Trinajstić information content (AvgIpc) is 0.954. The third-order valence-electron chi connectivity index (χ3n) is 16.6. The predicted octanol–water partition coefficient (Wildman–Crippen LogP) is 24.7. The van der Waals surface area contributed by atoms with Crippen molar-refractivity contribution in [3.8, 4) is 12.8 Å². The molecule has 0 aliphatic heterocycles. The Kier molecular flexibility index (Phi) is 17.5. The van der Waals surface area contributed by atoms with Gasteiger partial charge in [0.15, 0.2) is 7.14 Å². The molecule has 17 rings (SSSR count). The lowest BCUT2D eigenvalue weighted by atomic mass is 9.92. The van der Waals surface area contributed by atoms with Crippen molar-refractivity contribution < 1.29 is 4.57 Å². The number of terminal acetylenes is 1. The molecule has 17 aromatic carbocycles. The highest BCUT2D eigenvalue weighted by molar-refractivity contribution is 9.10. The highest BCUT2D eigenvalue weighted by Crippen LogP contribution is 2.50. The molecule has 0 saturated heterocycles. The van der Waals surface area contributed by atoms with E-state index in [2.05, 4.69) is 271 Å². The van der Waals surface area contributed by atoms with Crippen LogP contribution in [0.2, 0.25) is 0 Å². The lowest BCUT2D eigenvalue weighted by Gasteiger charge is -2.25. The third kappa shape index (κ3) is 11.3. The zero-order valence-corrected chi connectivity index (χ0v) is 52.8. The molecule has 0 unspecified atom stereocenters. The summed E-state index contributed by atoms with van der Waals surface area (Å²) in [5.74, 6) is 0. The molecule has 0 amide bonds. The molecule has 0 radical (unpaired) electrons. The van der Waals surface area contributed by atoms with Crippen molar-refractivity contribution in [3.05, 3.63) is 308 Å². The molecule has 0 heterocycles. The van der Waals surface area contributed by atoms with E-state index in [9.17, 15) is 0 Å². The van der Waals surface area contributed by atoms with Crippen LogP contribution in [0.15, 0.2) is 308 Å². The molecule has 17 aromatic rings. The highest BCUT2D eigenvalue weighted by atomic mass is 79.9. The van der Waals surface area contributed by atoms with Crippen LogP contribution in [0.4, 0.5) is 0 Å². The standard InChI is InChI=1S/C34H23OP.C22H13Br.C22H14.C2H2.CCl4.CH4/c35-36(25-14-3-1-4-15-25,26-16-5-2-6-17-26)34-27-18-8-7-13-24(27)23-32-30-21-10-9-19-28(30)29-20-11-12-22-31(29)33(32)34;23-22-15-8-2-1-7-14(15)13-20-18-11-4-3-9-16(18)17-10-5-6-12-19(17)21(20)22;1-2-8-16-14-22-20-12-6-4-10-18(20)17-9-3-5-11-19(17)21(22)13-15(16)7-1;1-2;2-1(3,4)5;/h1-23H;1-13H;1-14H;1-2H;;1H4. The topological polar surface area (TPSA) is 17.1 Å². The molecule has 0 N–H and O–H groups in total. The Bertz CT molecular complexity index is 5450. The van der Waals surface area contributed by atoms with Gasteiger partial charge in [-0.1, -0.05) is 333 Å². The van der Waals surface area contributed by atoms with Crippen LogP contribution in [0.5, 0.6) is 0 Å². The number of hydrogen-bond donors (Lipinski definition) is 0. The van der Waals surface area contributed by atoms with Gasteiger partial charge in [0, 0.05) is 31.2 Å². The molecular formula is C82H56BrCl4OP. The van der Waals surface area contributed by atoms with Crippen molar-refractivity contribution in [1.29, 1.82) is 0 Å². The molecule has 7 heteroatoms. The van der Waals surface area contributed by atoms with Crippen molar-refractivity contribution >= 4 is 215 Å². The van der Waals surface area contributed by atoms with Gasteiger partial charge in [0.2, 0.25) is 0 Å². The third-order valence-corrected chi connectivity index (χ3v) is 20.5. The Hall–Kier alpha value is -8.71. The first-order valence-corrected chi connectivity index (χ1v) is 32.7. The van der Waals surface area contributed by atoms with Crippen molar-refractivity contribution in [3.63, 3.8) is 0 Å². The summed E-state index contributed by atoms with van der Waals surface area (Å²) in [5, 5.41) is 32.8. The quantitative estimate of drug-likeness (QED) is 0.0566. The largest absolute Gasteiger partial charge is 0.309 e. The van der Waals surface area contributed by atoms with Gasteiger partial charge in [0.05, 0.1) is 0 Å². The van der Waals surface area contributed by atoms with Crippen LogP contribution in [0.3, 0.4) is 0 Å². The van der Waals surface area contributed by atoms with E-state index in [-0.39, 0.29) is 7.43 Å². The van der Waals surface area contributed by atoms with Gasteiger partial charge in [-0.05, 0) is 159 Å². The number of hydrogen-bond acceptors (Lipinski definition) is 1. The Balaban J connectivity index is 0.000000127. The zero-order chi connectivity index (χ0) is 60.5. The van der Waals surface area contributed by atoms with Gasteiger partial charge in [0.25, 0.3) is 3.25 Å². The lowest BCUT2D eigenvalue weighted by molar-refractivity contribution is 0.593. The van der Waals surface area contributed by atoms with Gasteiger partial charge in [-0.25, -0.2) is 0 Å². The maximum atomic E-state index is 15.8. The van der Waals surface area contributed by atoms with E-state index >= 15 is 4.57 Å². The summed E-state index contributed by atoms with van der Waals surface area (Å²) in [4.78, 5) is 0. The van der Waals surface area contributed by atoms with Crippen molar-refractivity contribution in [2.45, 2.75) is 10.7 Å². The molecule has 0 bridgehead atoms. The predicted molar refractivity (Wildman–Crippen MR) is 399 cm³/mol. The second-order valence-electron chi connectivity index (χ2n) is 21.4. The lowest BCUT2D eigenvalue weighted by Crippen LogP contribution is -2.26. The molecule has 0 saturated carbocycles. The smallest absolute Gasteiger partial charge is 0.266 e. The maximum absolute atomic E-state index is 15.8. The van der Waals surface area contributed by atoms with E-state index in [0.717, 1.165) is 42.8 Å². The van der Waals surface area contributed by atoms with Crippen LogP contribution in [0.1, 0.15) is 7.43 Å². The first-order valence-electron chi connectivity index (χ1n) is 28.7. The molecule has 430 valence electrons. The van der Waals surface area contributed by atoms with E-state index in [1.807, 2.05) is 60.7 Å². The Morgan fingerprint density at radius 1 is 0.270 bits per heavy atom. The summed E-state index contributed by atoms with van der Waals surface area (Å²) in [7, 11) is -3.25. The van der Waals surface area contributed by atoms with Crippen LogP contribution >= 0.6 is 69.5 Å². The minimum absolute atomic E-state index is 0. The molecule has 0 aliphatic rings. The molecule has 0 aliphatic carbocycles. The van der Waals surface area contributed by atoms with E-state index in [1.54, 1.807) is 0 Å². The van der Waals surface area contributed by atoms with Crippen molar-refractivity contribution in [1.82, 2.24) is 0 Å². The summed E-state index contributed by atoms with van der Waals surface area (Å²) in [6.07, 6.45) is 8.00. The SMILES string of the molecule is Brc1c2ccccc2cc2c3ccccc3c3ccccc3c12.C.C#C.ClC(Cl)(Cl)Cl.O=P(c1ccccc1)(c1ccccc1)c1c2ccccc2cc2c3ccccc3c3ccccc3c12.c1ccc2cc3c4ccccc4c4ccccc4c3cc2c1. The van der Waals surface area contributed by atoms with Gasteiger partial charge >= 0.3 is 0 Å². The summed E-state index contributed by atoms with van der Waals surface area (Å²) in [5.41, 5.74) is 0. The number of alkyl halides is 4. The molecule has 1 nitrogen and oxygen atoms in total. The fraction of sp³-hybridized carbons (Fsp3) is 0.0244. The number of halogens is 5. The van der Waals surface area contributed by atoms with Crippen LogP contribution in [0, 0.1) is 12.8 Å². The number of fused-ring (bicyclic) bond motifs is 21. The first kappa shape index (κ1) is 60.6. The van der Waals surface area contributed by atoms with Gasteiger partial charge < -0.3 is 4.57 Å². The van der Waals surface area contributed by atoms with Gasteiger partial charge in [-0.15, -0.1) is 12.8 Å². The average molecular weight is 1310 g/mol. The van der Waals surface area contributed by atoms with E-state index in [4.69, 9.17) is 46.4 Å². The fourth-order valence-corrected chi connectivity index (χ4v) is 16.9. The second-order valence-corrected chi connectivity index (χ2v) is 28.4. The zero-order valence-electron chi connectivity index (χ0n) is 47.3. The summed E-state index contributed by atoms with van der Waals surface area (Å²) < 4.78 is 15.4.